The van der Waals surface area contributed by atoms with Crippen molar-refractivity contribution >= 4 is 11.8 Å². The van der Waals surface area contributed by atoms with Crippen molar-refractivity contribution in [2.45, 2.75) is 27.3 Å². The maximum Gasteiger partial charge on any atom is 0.343 e. The number of hydrogen-bond donors (Lipinski definition) is 1. The van der Waals surface area contributed by atoms with E-state index in [1.54, 1.807) is 31.2 Å². The number of carbonyl (C=O) groups is 2. The summed E-state index contributed by atoms with van der Waals surface area (Å²) in [5, 5.41) is 10.5. The van der Waals surface area contributed by atoms with Crippen LogP contribution in [0.2, 0.25) is 0 Å². The molecule has 0 saturated heterocycles. The van der Waals surface area contributed by atoms with Crippen LogP contribution in [-0.2, 0) is 11.3 Å². The first-order valence-corrected chi connectivity index (χ1v) is 7.56. The molecule has 0 atom stereocenters. The summed E-state index contributed by atoms with van der Waals surface area (Å²) in [7, 11) is 0. The third-order valence-electron chi connectivity index (χ3n) is 3.70. The first-order valence-electron chi connectivity index (χ1n) is 7.56. The molecule has 2 aromatic rings. The molecule has 126 valence electrons. The Bertz CT molecular complexity index is 837. The van der Waals surface area contributed by atoms with E-state index in [0.29, 0.717) is 0 Å². The minimum Gasteiger partial charge on any atom is -0.494 e. The highest BCUT2D eigenvalue weighted by Gasteiger charge is 2.26. The normalized spacial score (nSPS) is 10.5. The van der Waals surface area contributed by atoms with Gasteiger partial charge >= 0.3 is 5.97 Å². The molecule has 0 saturated carbocycles. The molecule has 1 aromatic carbocycles. The number of pyridine rings is 1. The van der Waals surface area contributed by atoms with Gasteiger partial charge in [-0.25, -0.2) is 4.79 Å². The average Bonchev–Trinajstić information content (AvgIpc) is 2.52. The largest absolute Gasteiger partial charge is 0.494 e. The van der Waals surface area contributed by atoms with Gasteiger partial charge in [-0.05, 0) is 31.9 Å². The summed E-state index contributed by atoms with van der Waals surface area (Å²) in [5.74, 6) is -1.73. The van der Waals surface area contributed by atoms with Gasteiger partial charge in [0, 0.05) is 0 Å². The van der Waals surface area contributed by atoms with Gasteiger partial charge in [0.25, 0.3) is 5.56 Å². The first kappa shape index (κ1) is 17.5. The molecule has 0 amide bonds. The fourth-order valence-corrected chi connectivity index (χ4v) is 2.59. The van der Waals surface area contributed by atoms with Crippen molar-refractivity contribution in [3.8, 4) is 5.88 Å². The number of benzene rings is 1. The van der Waals surface area contributed by atoms with Crippen LogP contribution < -0.4 is 5.56 Å². The molecule has 6 heteroatoms. The van der Waals surface area contributed by atoms with Gasteiger partial charge in [-0.3, -0.25) is 14.2 Å². The average molecular weight is 329 g/mol. The quantitative estimate of drug-likeness (QED) is 0.672. The lowest BCUT2D eigenvalue weighted by atomic mass is 10.0. The molecule has 0 aliphatic heterocycles. The van der Waals surface area contributed by atoms with Crippen LogP contribution in [0.5, 0.6) is 5.88 Å². The second kappa shape index (κ2) is 7.12. The fourth-order valence-electron chi connectivity index (χ4n) is 2.59. The van der Waals surface area contributed by atoms with Crippen molar-refractivity contribution in [1.29, 1.82) is 0 Å². The Kier molecular flexibility index (Phi) is 5.18. The predicted molar refractivity (Wildman–Crippen MR) is 88.6 cm³/mol. The molecular weight excluding hydrogens is 310 g/mol. The molecule has 24 heavy (non-hydrogen) atoms. The van der Waals surface area contributed by atoms with E-state index in [2.05, 4.69) is 0 Å². The van der Waals surface area contributed by atoms with Crippen LogP contribution >= 0.6 is 0 Å². The molecule has 0 aliphatic carbocycles. The maximum atomic E-state index is 12.6. The van der Waals surface area contributed by atoms with Gasteiger partial charge in [0.15, 0.2) is 5.78 Å². The SMILES string of the molecule is CCOC(=O)c1c(C)c(C(C)=O)c(=O)n(Cc2ccccc2)c1O. The van der Waals surface area contributed by atoms with Gasteiger partial charge in [-0.2, -0.15) is 0 Å². The zero-order valence-electron chi connectivity index (χ0n) is 13.8. The molecule has 0 aliphatic rings. The summed E-state index contributed by atoms with van der Waals surface area (Å²) in [6, 6.07) is 8.98. The molecule has 0 bridgehead atoms. The van der Waals surface area contributed by atoms with Crippen LogP contribution in [0, 0.1) is 6.92 Å². The summed E-state index contributed by atoms with van der Waals surface area (Å²) in [5.41, 5.74) is -0.0189. The Morgan fingerprint density at radius 2 is 1.79 bits per heavy atom. The molecule has 0 radical (unpaired) electrons. The monoisotopic (exact) mass is 329 g/mol. The number of aromatic hydroxyl groups is 1. The van der Waals surface area contributed by atoms with E-state index in [9.17, 15) is 19.5 Å². The van der Waals surface area contributed by atoms with Crippen LogP contribution in [0.3, 0.4) is 0 Å². The summed E-state index contributed by atoms with van der Waals surface area (Å²) < 4.78 is 5.96. The lowest BCUT2D eigenvalue weighted by Gasteiger charge is -2.16. The second-order valence-electron chi connectivity index (χ2n) is 5.35. The summed E-state index contributed by atoms with van der Waals surface area (Å²) in [6.07, 6.45) is 0. The molecule has 0 fully saturated rings. The summed E-state index contributed by atoms with van der Waals surface area (Å²) >= 11 is 0. The number of hydrogen-bond acceptors (Lipinski definition) is 5. The van der Waals surface area contributed by atoms with Crippen molar-refractivity contribution in [2.75, 3.05) is 6.61 Å². The minimum absolute atomic E-state index is 0.0402. The summed E-state index contributed by atoms with van der Waals surface area (Å²) in [6.45, 7) is 4.50. The van der Waals surface area contributed by atoms with E-state index in [-0.39, 0.29) is 29.8 Å². The lowest BCUT2D eigenvalue weighted by Crippen LogP contribution is -2.30. The number of aromatic nitrogens is 1. The third-order valence-corrected chi connectivity index (χ3v) is 3.70. The zero-order valence-corrected chi connectivity index (χ0v) is 13.8. The number of esters is 1. The van der Waals surface area contributed by atoms with E-state index < -0.39 is 23.2 Å². The molecular formula is C18H19NO5. The molecule has 1 aromatic heterocycles. The Hall–Kier alpha value is -2.89. The molecule has 1 N–H and O–H groups in total. The minimum atomic E-state index is -0.767. The Labute approximate surface area is 139 Å². The molecule has 0 spiro atoms. The Morgan fingerprint density at radius 3 is 2.33 bits per heavy atom. The van der Waals surface area contributed by atoms with Crippen LogP contribution in [0.15, 0.2) is 35.1 Å². The highest BCUT2D eigenvalue weighted by Crippen LogP contribution is 2.24. The number of carbonyl (C=O) groups excluding carboxylic acids is 2. The van der Waals surface area contributed by atoms with E-state index in [4.69, 9.17) is 4.74 Å². The van der Waals surface area contributed by atoms with Crippen molar-refractivity contribution in [1.82, 2.24) is 4.57 Å². The molecule has 0 unspecified atom stereocenters. The van der Waals surface area contributed by atoms with Crippen LogP contribution in [0.25, 0.3) is 0 Å². The zero-order chi connectivity index (χ0) is 17.9. The van der Waals surface area contributed by atoms with E-state index in [0.717, 1.165) is 10.1 Å². The van der Waals surface area contributed by atoms with Crippen LogP contribution in [0.4, 0.5) is 0 Å². The maximum absolute atomic E-state index is 12.6. The number of nitrogens with zero attached hydrogens (tertiary/aromatic N) is 1. The van der Waals surface area contributed by atoms with Crippen LogP contribution in [-0.4, -0.2) is 28.0 Å². The van der Waals surface area contributed by atoms with E-state index in [1.807, 2.05) is 6.07 Å². The lowest BCUT2D eigenvalue weighted by molar-refractivity contribution is 0.0520. The van der Waals surface area contributed by atoms with Crippen molar-refractivity contribution in [3.05, 3.63) is 62.9 Å². The molecule has 1 heterocycles. The van der Waals surface area contributed by atoms with Gasteiger partial charge in [0.2, 0.25) is 5.88 Å². The Balaban J connectivity index is 2.72. The predicted octanol–water partition coefficient (Wildman–Crippen LogP) is 2.29. The van der Waals surface area contributed by atoms with Crippen LogP contribution in [0.1, 0.15) is 45.7 Å². The fraction of sp³-hybridized carbons (Fsp3) is 0.278. The molecule has 2 rings (SSSR count). The highest BCUT2D eigenvalue weighted by atomic mass is 16.5. The molecule has 6 nitrogen and oxygen atoms in total. The highest BCUT2D eigenvalue weighted by molar-refractivity contribution is 6.01. The first-order chi connectivity index (χ1) is 11.4. The number of ketones is 1. The van der Waals surface area contributed by atoms with Gasteiger partial charge in [-0.15, -0.1) is 0 Å². The number of rotatable bonds is 5. The van der Waals surface area contributed by atoms with Crippen molar-refractivity contribution < 1.29 is 19.4 Å². The van der Waals surface area contributed by atoms with Gasteiger partial charge < -0.3 is 9.84 Å². The third kappa shape index (κ3) is 3.22. The Morgan fingerprint density at radius 1 is 1.17 bits per heavy atom. The summed E-state index contributed by atoms with van der Waals surface area (Å²) in [4.78, 5) is 36.7. The van der Waals surface area contributed by atoms with Crippen molar-refractivity contribution in [3.63, 3.8) is 0 Å². The van der Waals surface area contributed by atoms with E-state index >= 15 is 0 Å². The van der Waals surface area contributed by atoms with Gasteiger partial charge in [-0.1, -0.05) is 30.3 Å². The smallest absolute Gasteiger partial charge is 0.343 e. The van der Waals surface area contributed by atoms with Crippen molar-refractivity contribution in [2.24, 2.45) is 0 Å². The second-order valence-corrected chi connectivity index (χ2v) is 5.35. The van der Waals surface area contributed by atoms with Gasteiger partial charge in [0.05, 0.1) is 18.7 Å². The number of Topliss-reactive ketones (excluding diaryl/α,β-unsaturated/α-hetero) is 1. The standard InChI is InChI=1S/C18H19NO5/c1-4-24-18(23)15-11(2)14(12(3)20)16(21)19(17(15)22)10-13-8-6-5-7-9-13/h5-9,22H,4,10H2,1-3H3. The topological polar surface area (TPSA) is 85.6 Å². The van der Waals surface area contributed by atoms with Gasteiger partial charge in [0.1, 0.15) is 5.56 Å². The number of ether oxygens (including phenoxy) is 1. The van der Waals surface area contributed by atoms with E-state index in [1.165, 1.54) is 13.8 Å².